The molecular formula is C13H13F3N2O. The minimum absolute atomic E-state index is 0.105. The van der Waals surface area contributed by atoms with Crippen LogP contribution >= 0.6 is 0 Å². The molecule has 0 aliphatic carbocycles. The summed E-state index contributed by atoms with van der Waals surface area (Å²) in [5.74, 6) is 0.701. The molecule has 6 heteroatoms. The van der Waals surface area contributed by atoms with Crippen LogP contribution in [-0.2, 0) is 18.0 Å². The number of hydrogen-bond acceptors (Lipinski definition) is 2. The van der Waals surface area contributed by atoms with Crippen LogP contribution < -0.4 is 0 Å². The standard InChI is InChI=1S/C13H13F3N2O/c1-18-10-5-4-8(13(14,15)16)7-9(10)17-12(18)11-3-2-6-19-11/h4-5,7,11H,2-3,6H2,1H3/t11-/m0/s1. The molecule has 2 heterocycles. The van der Waals surface area contributed by atoms with Crippen molar-refractivity contribution in [1.82, 2.24) is 9.55 Å². The zero-order valence-corrected chi connectivity index (χ0v) is 10.4. The quantitative estimate of drug-likeness (QED) is 0.793. The summed E-state index contributed by atoms with van der Waals surface area (Å²) < 4.78 is 45.3. The van der Waals surface area contributed by atoms with Gasteiger partial charge in [-0.25, -0.2) is 4.98 Å². The second kappa shape index (κ2) is 4.23. The number of alkyl halides is 3. The Morgan fingerprint density at radius 3 is 2.79 bits per heavy atom. The van der Waals surface area contributed by atoms with Crippen molar-refractivity contribution in [1.29, 1.82) is 0 Å². The van der Waals surface area contributed by atoms with E-state index in [2.05, 4.69) is 4.98 Å². The zero-order valence-electron chi connectivity index (χ0n) is 10.4. The van der Waals surface area contributed by atoms with E-state index < -0.39 is 11.7 Å². The molecule has 1 aromatic heterocycles. The topological polar surface area (TPSA) is 27.1 Å². The molecular weight excluding hydrogens is 257 g/mol. The van der Waals surface area contributed by atoms with Crippen molar-refractivity contribution >= 4 is 11.0 Å². The predicted molar refractivity (Wildman–Crippen MR) is 63.6 cm³/mol. The number of benzene rings is 1. The Morgan fingerprint density at radius 1 is 1.37 bits per heavy atom. The van der Waals surface area contributed by atoms with E-state index >= 15 is 0 Å². The van der Waals surface area contributed by atoms with Crippen molar-refractivity contribution in [2.75, 3.05) is 6.61 Å². The second-order valence-corrected chi connectivity index (χ2v) is 4.73. The van der Waals surface area contributed by atoms with E-state index in [0.29, 0.717) is 23.5 Å². The highest BCUT2D eigenvalue weighted by atomic mass is 19.4. The molecule has 1 fully saturated rings. The molecule has 1 aromatic carbocycles. The fraction of sp³-hybridized carbons (Fsp3) is 0.462. The van der Waals surface area contributed by atoms with Gasteiger partial charge in [0.2, 0.25) is 0 Å². The van der Waals surface area contributed by atoms with Crippen LogP contribution in [0.15, 0.2) is 18.2 Å². The van der Waals surface area contributed by atoms with Crippen molar-refractivity contribution in [2.24, 2.45) is 7.05 Å². The average molecular weight is 270 g/mol. The van der Waals surface area contributed by atoms with Crippen LogP contribution in [0.25, 0.3) is 11.0 Å². The summed E-state index contributed by atoms with van der Waals surface area (Å²) in [4.78, 5) is 4.31. The molecule has 0 saturated carbocycles. The van der Waals surface area contributed by atoms with Crippen molar-refractivity contribution < 1.29 is 17.9 Å². The number of fused-ring (bicyclic) bond motifs is 1. The van der Waals surface area contributed by atoms with Gasteiger partial charge in [0, 0.05) is 13.7 Å². The molecule has 1 aliphatic rings. The third kappa shape index (κ3) is 2.10. The number of nitrogens with zero attached hydrogens (tertiary/aromatic N) is 2. The summed E-state index contributed by atoms with van der Waals surface area (Å²) >= 11 is 0. The molecule has 3 rings (SSSR count). The smallest absolute Gasteiger partial charge is 0.370 e. The summed E-state index contributed by atoms with van der Waals surface area (Å²) in [6.07, 6.45) is -2.62. The second-order valence-electron chi connectivity index (χ2n) is 4.73. The summed E-state index contributed by atoms with van der Waals surface area (Å²) in [5, 5.41) is 0. The Kier molecular flexibility index (Phi) is 2.78. The van der Waals surface area contributed by atoms with E-state index in [-0.39, 0.29) is 6.10 Å². The number of halogens is 3. The minimum atomic E-state index is -4.34. The maximum atomic E-state index is 12.7. The number of aromatic nitrogens is 2. The molecule has 0 N–H and O–H groups in total. The molecule has 0 radical (unpaired) electrons. The van der Waals surface area contributed by atoms with Crippen molar-refractivity contribution in [3.63, 3.8) is 0 Å². The number of aryl methyl sites for hydroxylation is 1. The van der Waals surface area contributed by atoms with Crippen LogP contribution in [-0.4, -0.2) is 16.2 Å². The first kappa shape index (κ1) is 12.5. The van der Waals surface area contributed by atoms with Crippen LogP contribution in [0.5, 0.6) is 0 Å². The number of hydrogen-bond donors (Lipinski definition) is 0. The minimum Gasteiger partial charge on any atom is -0.370 e. The van der Waals surface area contributed by atoms with Gasteiger partial charge in [-0.3, -0.25) is 0 Å². The van der Waals surface area contributed by atoms with Gasteiger partial charge in [0.25, 0.3) is 0 Å². The molecule has 1 aliphatic heterocycles. The van der Waals surface area contributed by atoms with E-state index in [1.807, 2.05) is 4.57 Å². The monoisotopic (exact) mass is 270 g/mol. The van der Waals surface area contributed by atoms with Crippen LogP contribution in [0.1, 0.15) is 30.3 Å². The third-order valence-electron chi connectivity index (χ3n) is 3.46. The van der Waals surface area contributed by atoms with Crippen molar-refractivity contribution in [3.05, 3.63) is 29.6 Å². The van der Waals surface area contributed by atoms with Gasteiger partial charge >= 0.3 is 6.18 Å². The normalized spacial score (nSPS) is 20.3. The molecule has 0 spiro atoms. The third-order valence-corrected chi connectivity index (χ3v) is 3.46. The number of imidazole rings is 1. The first-order valence-electron chi connectivity index (χ1n) is 6.12. The summed E-state index contributed by atoms with van der Waals surface area (Å²) in [6, 6.07) is 3.64. The highest BCUT2D eigenvalue weighted by molar-refractivity contribution is 5.77. The molecule has 1 atom stereocenters. The largest absolute Gasteiger partial charge is 0.416 e. The Morgan fingerprint density at radius 2 is 2.16 bits per heavy atom. The van der Waals surface area contributed by atoms with Gasteiger partial charge in [0.15, 0.2) is 0 Å². The molecule has 0 bridgehead atoms. The van der Waals surface area contributed by atoms with Crippen molar-refractivity contribution in [2.45, 2.75) is 25.1 Å². The highest BCUT2D eigenvalue weighted by Gasteiger charge is 2.31. The molecule has 0 amide bonds. The Bertz CT molecular complexity index is 612. The van der Waals surface area contributed by atoms with Crippen LogP contribution in [0.2, 0.25) is 0 Å². The average Bonchev–Trinajstić information content (AvgIpc) is 2.96. The van der Waals surface area contributed by atoms with Crippen molar-refractivity contribution in [3.8, 4) is 0 Å². The van der Waals surface area contributed by atoms with Gasteiger partial charge in [-0.2, -0.15) is 13.2 Å². The fourth-order valence-corrected chi connectivity index (χ4v) is 2.46. The van der Waals surface area contributed by atoms with Crippen LogP contribution in [0.4, 0.5) is 13.2 Å². The Labute approximate surface area is 108 Å². The van der Waals surface area contributed by atoms with Gasteiger partial charge in [0.1, 0.15) is 11.9 Å². The Hall–Kier alpha value is -1.56. The SMILES string of the molecule is Cn1c([C@@H]2CCCO2)nc2cc(C(F)(F)F)ccc21. The molecule has 3 nitrogen and oxygen atoms in total. The highest BCUT2D eigenvalue weighted by Crippen LogP contribution is 2.33. The van der Waals surface area contributed by atoms with E-state index in [4.69, 9.17) is 4.74 Å². The number of rotatable bonds is 1. The maximum absolute atomic E-state index is 12.7. The van der Waals surface area contributed by atoms with Gasteiger partial charge in [0.05, 0.1) is 16.6 Å². The van der Waals surface area contributed by atoms with Gasteiger partial charge in [-0.15, -0.1) is 0 Å². The van der Waals surface area contributed by atoms with Crippen LogP contribution in [0, 0.1) is 0 Å². The lowest BCUT2D eigenvalue weighted by Gasteiger charge is -2.08. The fourth-order valence-electron chi connectivity index (χ4n) is 2.46. The molecule has 0 unspecified atom stereocenters. The molecule has 102 valence electrons. The number of ether oxygens (including phenoxy) is 1. The van der Waals surface area contributed by atoms with E-state index in [1.54, 1.807) is 7.05 Å². The van der Waals surface area contributed by atoms with Gasteiger partial charge in [-0.05, 0) is 31.0 Å². The first-order valence-corrected chi connectivity index (χ1v) is 6.12. The molecule has 2 aromatic rings. The molecule has 19 heavy (non-hydrogen) atoms. The molecule has 1 saturated heterocycles. The maximum Gasteiger partial charge on any atom is 0.416 e. The lowest BCUT2D eigenvalue weighted by atomic mass is 10.2. The van der Waals surface area contributed by atoms with Gasteiger partial charge < -0.3 is 9.30 Å². The predicted octanol–water partition coefficient (Wildman–Crippen LogP) is 3.44. The first-order chi connectivity index (χ1) is 8.97. The lowest BCUT2D eigenvalue weighted by molar-refractivity contribution is -0.137. The van der Waals surface area contributed by atoms with E-state index in [0.717, 1.165) is 25.0 Å². The summed E-state index contributed by atoms with van der Waals surface area (Å²) in [5.41, 5.74) is 0.387. The zero-order chi connectivity index (χ0) is 13.6. The summed E-state index contributed by atoms with van der Waals surface area (Å²) in [7, 11) is 1.81. The Balaban J connectivity index is 2.09. The van der Waals surface area contributed by atoms with Crippen LogP contribution in [0.3, 0.4) is 0 Å². The van der Waals surface area contributed by atoms with Gasteiger partial charge in [-0.1, -0.05) is 0 Å². The van der Waals surface area contributed by atoms with E-state index in [9.17, 15) is 13.2 Å². The lowest BCUT2D eigenvalue weighted by Crippen LogP contribution is -2.04. The summed E-state index contributed by atoms with van der Waals surface area (Å²) in [6.45, 7) is 0.682. The van der Waals surface area contributed by atoms with E-state index in [1.165, 1.54) is 6.07 Å².